The lowest BCUT2D eigenvalue weighted by molar-refractivity contribution is -0.137. The Hall–Kier alpha value is -4.00. The van der Waals surface area contributed by atoms with Gasteiger partial charge in [-0.3, -0.25) is 4.79 Å². The summed E-state index contributed by atoms with van der Waals surface area (Å²) >= 11 is 0. The molecule has 1 fully saturated rings. The topological polar surface area (TPSA) is 63.6 Å². The molecular weight excluding hydrogens is 430 g/mol. The first kappa shape index (κ1) is 21.8. The first-order valence-corrected chi connectivity index (χ1v) is 11.4. The Balaban J connectivity index is 1.37. The van der Waals surface area contributed by atoms with Crippen LogP contribution in [0.2, 0.25) is 0 Å². The number of methoxy groups -OCH3 is 1. The highest BCUT2D eigenvalue weighted by molar-refractivity contribution is 6.04. The summed E-state index contributed by atoms with van der Waals surface area (Å²) in [6.45, 7) is 3.96. The van der Waals surface area contributed by atoms with E-state index in [1.54, 1.807) is 7.11 Å². The summed E-state index contributed by atoms with van der Waals surface area (Å²) in [6.07, 6.45) is 0. The van der Waals surface area contributed by atoms with Crippen molar-refractivity contribution in [3.05, 3.63) is 78.4 Å². The van der Waals surface area contributed by atoms with Gasteiger partial charge in [0.1, 0.15) is 17.3 Å². The second-order valence-electron chi connectivity index (χ2n) is 8.33. The minimum absolute atomic E-state index is 0.00297. The van der Waals surface area contributed by atoms with E-state index >= 15 is 0 Å². The van der Waals surface area contributed by atoms with Crippen molar-refractivity contribution in [3.8, 4) is 23.0 Å². The maximum absolute atomic E-state index is 12.9. The highest BCUT2D eigenvalue weighted by Crippen LogP contribution is 2.42. The molecule has 0 aromatic heterocycles. The van der Waals surface area contributed by atoms with Crippen LogP contribution in [0.3, 0.4) is 0 Å². The Bertz CT molecular complexity index is 1210. The Labute approximate surface area is 199 Å². The summed E-state index contributed by atoms with van der Waals surface area (Å²) in [5.74, 6) is 3.48. The predicted molar refractivity (Wildman–Crippen MR) is 130 cm³/mol. The molecule has 7 nitrogen and oxygen atoms in total. The molecule has 5 rings (SSSR count). The van der Waals surface area contributed by atoms with Crippen molar-refractivity contribution in [2.24, 2.45) is 4.99 Å². The average Bonchev–Trinajstić information content (AvgIpc) is 3.04. The first-order chi connectivity index (χ1) is 16.6. The fourth-order valence-electron chi connectivity index (χ4n) is 4.38. The number of carbonyl (C=O) groups excluding carboxylic acids is 1. The van der Waals surface area contributed by atoms with Crippen LogP contribution >= 0.6 is 0 Å². The van der Waals surface area contributed by atoms with Gasteiger partial charge in [0.15, 0.2) is 23.9 Å². The minimum atomic E-state index is -0.0189. The number of para-hydroxylation sites is 4. The average molecular weight is 458 g/mol. The molecular formula is C27H27N3O4. The second kappa shape index (κ2) is 9.47. The number of rotatable bonds is 4. The predicted octanol–water partition coefficient (Wildman–Crippen LogP) is 4.49. The number of carbonyl (C=O) groups is 1. The van der Waals surface area contributed by atoms with Crippen molar-refractivity contribution >= 4 is 17.4 Å². The Morgan fingerprint density at radius 3 is 2.62 bits per heavy atom. The second-order valence-corrected chi connectivity index (χ2v) is 8.33. The maximum atomic E-state index is 12.9. The van der Waals surface area contributed by atoms with E-state index in [1.807, 2.05) is 77.7 Å². The van der Waals surface area contributed by atoms with Crippen LogP contribution in [-0.4, -0.2) is 60.9 Å². The van der Waals surface area contributed by atoms with Crippen LogP contribution in [0.15, 0.2) is 77.8 Å². The molecule has 2 aliphatic heterocycles. The van der Waals surface area contributed by atoms with E-state index in [-0.39, 0.29) is 18.6 Å². The third-order valence-corrected chi connectivity index (χ3v) is 6.10. The third-order valence-electron chi connectivity index (χ3n) is 6.10. The summed E-state index contributed by atoms with van der Waals surface area (Å²) in [5.41, 5.74) is 1.63. The number of hydrogen-bond acceptors (Lipinski definition) is 6. The Morgan fingerprint density at radius 1 is 1.03 bits per heavy atom. The molecule has 7 heteroatoms. The van der Waals surface area contributed by atoms with Gasteiger partial charge in [0.2, 0.25) is 0 Å². The molecule has 1 atom stereocenters. The van der Waals surface area contributed by atoms with E-state index in [4.69, 9.17) is 19.2 Å². The van der Waals surface area contributed by atoms with E-state index in [2.05, 4.69) is 11.8 Å². The van der Waals surface area contributed by atoms with Gasteiger partial charge in [0.05, 0.1) is 12.7 Å². The zero-order valence-corrected chi connectivity index (χ0v) is 19.3. The van der Waals surface area contributed by atoms with Crippen molar-refractivity contribution in [2.45, 2.75) is 13.0 Å². The Morgan fingerprint density at radius 2 is 1.82 bits per heavy atom. The fourth-order valence-corrected chi connectivity index (χ4v) is 4.38. The summed E-state index contributed by atoms with van der Waals surface area (Å²) in [6, 6.07) is 23.0. The van der Waals surface area contributed by atoms with Gasteiger partial charge in [-0.05, 0) is 43.3 Å². The van der Waals surface area contributed by atoms with E-state index in [0.29, 0.717) is 42.6 Å². The molecule has 1 saturated heterocycles. The number of aliphatic imine (C=N–C) groups is 1. The van der Waals surface area contributed by atoms with Crippen molar-refractivity contribution in [3.63, 3.8) is 0 Å². The van der Waals surface area contributed by atoms with Crippen molar-refractivity contribution in [1.82, 2.24) is 9.80 Å². The van der Waals surface area contributed by atoms with Gasteiger partial charge in [0.25, 0.3) is 5.91 Å². The van der Waals surface area contributed by atoms with Crippen LogP contribution in [0.4, 0.5) is 5.69 Å². The van der Waals surface area contributed by atoms with Crippen molar-refractivity contribution < 1.29 is 19.0 Å². The Kier molecular flexibility index (Phi) is 6.08. The highest BCUT2D eigenvalue weighted by atomic mass is 16.5. The molecule has 2 heterocycles. The van der Waals surface area contributed by atoms with Gasteiger partial charge < -0.3 is 24.0 Å². The standard InChI is InChI=1S/C27H27N3O4/c1-19-17-29(15-16-30(19)25(31)18-33-20-9-4-3-5-10-20)27-21-11-8-14-24(32-2)26(21)34-23-13-7-6-12-22(23)28-27/h3-14,19H,15-18H2,1-2H3. The SMILES string of the molecule is COc1cccc2c1Oc1ccccc1N=C2N1CCN(C(=O)COc2ccccc2)C(C)C1. The zero-order chi connectivity index (χ0) is 23.5. The summed E-state index contributed by atoms with van der Waals surface area (Å²) in [5, 5.41) is 0. The molecule has 0 saturated carbocycles. The molecule has 1 amide bonds. The lowest BCUT2D eigenvalue weighted by Gasteiger charge is -2.41. The van der Waals surface area contributed by atoms with Gasteiger partial charge in [-0.15, -0.1) is 0 Å². The molecule has 3 aromatic rings. The molecule has 0 spiro atoms. The number of ether oxygens (including phenoxy) is 3. The lowest BCUT2D eigenvalue weighted by Crippen LogP contribution is -2.56. The third kappa shape index (κ3) is 4.29. The molecule has 0 aliphatic carbocycles. The summed E-state index contributed by atoms with van der Waals surface area (Å²) in [4.78, 5) is 22.0. The highest BCUT2D eigenvalue weighted by Gasteiger charge is 2.32. The number of benzene rings is 3. The minimum Gasteiger partial charge on any atom is -0.493 e. The summed E-state index contributed by atoms with van der Waals surface area (Å²) < 4.78 is 17.5. The number of amidine groups is 1. The van der Waals surface area contributed by atoms with Crippen molar-refractivity contribution in [1.29, 1.82) is 0 Å². The monoisotopic (exact) mass is 457 g/mol. The molecule has 1 unspecified atom stereocenters. The molecule has 34 heavy (non-hydrogen) atoms. The van der Waals surface area contributed by atoms with Crippen LogP contribution < -0.4 is 14.2 Å². The van der Waals surface area contributed by atoms with Gasteiger partial charge in [-0.25, -0.2) is 4.99 Å². The normalized spacial score (nSPS) is 17.0. The van der Waals surface area contributed by atoms with Gasteiger partial charge in [0, 0.05) is 25.7 Å². The molecule has 3 aromatic carbocycles. The fraction of sp³-hybridized carbons (Fsp3) is 0.259. The van der Waals surface area contributed by atoms with E-state index in [0.717, 1.165) is 17.1 Å². The van der Waals surface area contributed by atoms with E-state index in [1.165, 1.54) is 0 Å². The number of nitrogens with zero attached hydrogens (tertiary/aromatic N) is 3. The number of fused-ring (bicyclic) bond motifs is 2. The van der Waals surface area contributed by atoms with Crippen LogP contribution in [0.5, 0.6) is 23.0 Å². The van der Waals surface area contributed by atoms with Crippen LogP contribution in [0.1, 0.15) is 12.5 Å². The zero-order valence-electron chi connectivity index (χ0n) is 19.3. The smallest absolute Gasteiger partial charge is 0.260 e. The number of piperazine rings is 1. The lowest BCUT2D eigenvalue weighted by atomic mass is 10.1. The van der Waals surface area contributed by atoms with Crippen LogP contribution in [0, 0.1) is 0 Å². The van der Waals surface area contributed by atoms with Gasteiger partial charge in [-0.2, -0.15) is 0 Å². The first-order valence-electron chi connectivity index (χ1n) is 11.4. The van der Waals surface area contributed by atoms with Gasteiger partial charge >= 0.3 is 0 Å². The molecule has 0 N–H and O–H groups in total. The van der Waals surface area contributed by atoms with Gasteiger partial charge in [-0.1, -0.05) is 36.4 Å². The molecule has 174 valence electrons. The maximum Gasteiger partial charge on any atom is 0.260 e. The largest absolute Gasteiger partial charge is 0.493 e. The quantitative estimate of drug-likeness (QED) is 0.578. The van der Waals surface area contributed by atoms with Crippen molar-refractivity contribution in [2.75, 3.05) is 33.4 Å². The molecule has 2 aliphatic rings. The number of hydrogen-bond donors (Lipinski definition) is 0. The van der Waals surface area contributed by atoms with Crippen LogP contribution in [-0.2, 0) is 4.79 Å². The van der Waals surface area contributed by atoms with E-state index in [9.17, 15) is 4.79 Å². The summed E-state index contributed by atoms with van der Waals surface area (Å²) in [7, 11) is 1.64. The van der Waals surface area contributed by atoms with Crippen LogP contribution in [0.25, 0.3) is 0 Å². The molecule has 0 radical (unpaired) electrons. The number of amides is 1. The molecule has 0 bridgehead atoms. The van der Waals surface area contributed by atoms with E-state index < -0.39 is 0 Å².